The molecule has 1 aromatic rings. The maximum atomic E-state index is 11.0. The second kappa shape index (κ2) is 6.62. The van der Waals surface area contributed by atoms with Gasteiger partial charge in [-0.25, -0.2) is 0 Å². The van der Waals surface area contributed by atoms with Gasteiger partial charge in [0, 0.05) is 19.2 Å². The Hall–Kier alpha value is -1.73. The topological polar surface area (TPSA) is 76.4 Å². The summed E-state index contributed by atoms with van der Waals surface area (Å²) in [5.41, 5.74) is 1.25. The van der Waals surface area contributed by atoms with E-state index in [1.54, 1.807) is 12.1 Å². The fourth-order valence-corrected chi connectivity index (χ4v) is 2.27. The third-order valence-corrected chi connectivity index (χ3v) is 3.36. The molecule has 1 heterocycles. The van der Waals surface area contributed by atoms with E-state index < -0.39 is 4.92 Å². The van der Waals surface area contributed by atoms with Crippen molar-refractivity contribution in [3.63, 3.8) is 0 Å². The first-order chi connectivity index (χ1) is 9.56. The molecule has 0 bridgehead atoms. The van der Waals surface area contributed by atoms with Gasteiger partial charge in [-0.2, -0.15) is 0 Å². The summed E-state index contributed by atoms with van der Waals surface area (Å²) in [5.74, 6) is 0. The van der Waals surface area contributed by atoms with Crippen molar-refractivity contribution in [1.29, 1.82) is 0 Å². The van der Waals surface area contributed by atoms with Gasteiger partial charge in [-0.05, 0) is 43.6 Å². The largest absolute Gasteiger partial charge is 0.376 e. The molecule has 20 heavy (non-hydrogen) atoms. The van der Waals surface area contributed by atoms with Crippen molar-refractivity contribution in [3.8, 4) is 0 Å². The van der Waals surface area contributed by atoms with Gasteiger partial charge in [0.05, 0.1) is 11.0 Å². The Balaban J connectivity index is 1.94. The molecule has 0 unspecified atom stereocenters. The molecule has 0 spiro atoms. The molecular weight excluding hydrogens is 278 g/mol. The van der Waals surface area contributed by atoms with Gasteiger partial charge in [0.1, 0.15) is 5.69 Å². The highest BCUT2D eigenvalue weighted by molar-refractivity contribution is 7.80. The maximum absolute atomic E-state index is 11.0. The van der Waals surface area contributed by atoms with Gasteiger partial charge >= 0.3 is 0 Å². The Kier molecular flexibility index (Phi) is 4.86. The van der Waals surface area contributed by atoms with E-state index in [9.17, 15) is 10.1 Å². The van der Waals surface area contributed by atoms with Crippen LogP contribution in [0, 0.1) is 17.0 Å². The van der Waals surface area contributed by atoms with Crippen molar-refractivity contribution in [2.75, 3.05) is 18.5 Å². The average Bonchev–Trinajstić information content (AvgIpc) is 2.91. The van der Waals surface area contributed by atoms with E-state index in [2.05, 4.69) is 10.6 Å². The molecular formula is C13H17N3O3S. The summed E-state index contributed by atoms with van der Waals surface area (Å²) in [6.45, 7) is 3.21. The summed E-state index contributed by atoms with van der Waals surface area (Å²) < 4.78 is 5.47. The quantitative estimate of drug-likeness (QED) is 0.504. The van der Waals surface area contributed by atoms with E-state index in [4.69, 9.17) is 17.0 Å². The van der Waals surface area contributed by atoms with Crippen LogP contribution in [0.15, 0.2) is 18.2 Å². The number of thiocarbonyl (C=S) groups is 1. The van der Waals surface area contributed by atoms with Crippen LogP contribution >= 0.6 is 12.2 Å². The zero-order chi connectivity index (χ0) is 14.5. The number of ether oxygens (including phenoxy) is 1. The summed E-state index contributed by atoms with van der Waals surface area (Å²) in [4.78, 5) is 10.6. The highest BCUT2D eigenvalue weighted by atomic mass is 32.1. The molecule has 0 saturated carbocycles. The Morgan fingerprint density at radius 3 is 3.05 bits per heavy atom. The van der Waals surface area contributed by atoms with Crippen LogP contribution in [0.3, 0.4) is 0 Å². The number of nitrogens with one attached hydrogen (secondary N) is 2. The molecule has 1 aliphatic rings. The Morgan fingerprint density at radius 2 is 2.40 bits per heavy atom. The monoisotopic (exact) mass is 295 g/mol. The summed E-state index contributed by atoms with van der Waals surface area (Å²) in [6, 6.07) is 4.98. The van der Waals surface area contributed by atoms with Crippen molar-refractivity contribution >= 4 is 28.7 Å². The summed E-state index contributed by atoms with van der Waals surface area (Å²) in [5, 5.41) is 17.3. The number of benzene rings is 1. The number of hydrogen-bond acceptors (Lipinski definition) is 4. The molecule has 0 radical (unpaired) electrons. The van der Waals surface area contributed by atoms with Crippen LogP contribution in [0.1, 0.15) is 18.4 Å². The van der Waals surface area contributed by atoms with Crippen LogP contribution in [-0.2, 0) is 4.74 Å². The Morgan fingerprint density at radius 1 is 1.60 bits per heavy atom. The van der Waals surface area contributed by atoms with Crippen LogP contribution in [0.2, 0.25) is 0 Å². The van der Waals surface area contributed by atoms with Gasteiger partial charge in [-0.3, -0.25) is 10.1 Å². The Labute approximate surface area is 122 Å². The molecule has 7 heteroatoms. The highest BCUT2D eigenvalue weighted by Crippen LogP contribution is 2.25. The minimum atomic E-state index is -0.419. The predicted molar refractivity (Wildman–Crippen MR) is 81.0 cm³/mol. The van der Waals surface area contributed by atoms with Crippen molar-refractivity contribution in [1.82, 2.24) is 5.32 Å². The third-order valence-electron chi connectivity index (χ3n) is 3.11. The molecule has 108 valence electrons. The fourth-order valence-electron chi connectivity index (χ4n) is 2.08. The summed E-state index contributed by atoms with van der Waals surface area (Å²) >= 11 is 5.15. The van der Waals surface area contributed by atoms with E-state index in [0.717, 1.165) is 25.0 Å². The van der Waals surface area contributed by atoms with Crippen LogP contribution < -0.4 is 10.6 Å². The zero-order valence-electron chi connectivity index (χ0n) is 11.2. The van der Waals surface area contributed by atoms with E-state index in [0.29, 0.717) is 17.3 Å². The SMILES string of the molecule is Cc1ccc(NC(=S)NC[C@@H]2CCCO2)c([N+](=O)[O-])c1. The Bertz CT molecular complexity index is 516. The molecule has 0 amide bonds. The lowest BCUT2D eigenvalue weighted by atomic mass is 10.2. The van der Waals surface area contributed by atoms with Gasteiger partial charge < -0.3 is 15.4 Å². The maximum Gasteiger partial charge on any atom is 0.292 e. The van der Waals surface area contributed by atoms with Crippen LogP contribution in [-0.4, -0.2) is 29.3 Å². The first-order valence-corrected chi connectivity index (χ1v) is 6.88. The van der Waals surface area contributed by atoms with E-state index >= 15 is 0 Å². The number of aryl methyl sites for hydroxylation is 1. The molecule has 1 aliphatic heterocycles. The standard InChI is InChI=1S/C13H17N3O3S/c1-9-4-5-11(12(7-9)16(17)18)15-13(20)14-8-10-3-2-6-19-10/h4-5,7,10H,2-3,6,8H2,1H3,(H2,14,15,20)/t10-/m0/s1. The molecule has 1 aromatic carbocycles. The lowest BCUT2D eigenvalue weighted by molar-refractivity contribution is -0.383. The lowest BCUT2D eigenvalue weighted by Crippen LogP contribution is -2.34. The van der Waals surface area contributed by atoms with Crippen molar-refractivity contribution in [3.05, 3.63) is 33.9 Å². The van der Waals surface area contributed by atoms with Gasteiger partial charge in [0.2, 0.25) is 0 Å². The molecule has 1 fully saturated rings. The molecule has 2 rings (SSSR count). The normalized spacial score (nSPS) is 17.8. The highest BCUT2D eigenvalue weighted by Gasteiger charge is 2.17. The predicted octanol–water partition coefficient (Wildman–Crippen LogP) is 2.37. The fraction of sp³-hybridized carbons (Fsp3) is 0.462. The molecule has 1 saturated heterocycles. The number of anilines is 1. The van der Waals surface area contributed by atoms with Gasteiger partial charge in [-0.15, -0.1) is 0 Å². The first kappa shape index (κ1) is 14.7. The first-order valence-electron chi connectivity index (χ1n) is 6.48. The lowest BCUT2D eigenvalue weighted by Gasteiger charge is -2.14. The van der Waals surface area contributed by atoms with Gasteiger partial charge in [0.25, 0.3) is 5.69 Å². The van der Waals surface area contributed by atoms with Crippen molar-refractivity contribution in [2.45, 2.75) is 25.9 Å². The number of nitrogens with zero attached hydrogens (tertiary/aromatic N) is 1. The molecule has 6 nitrogen and oxygen atoms in total. The number of nitro benzene ring substituents is 1. The average molecular weight is 295 g/mol. The summed E-state index contributed by atoms with van der Waals surface area (Å²) in [7, 11) is 0. The zero-order valence-corrected chi connectivity index (χ0v) is 12.0. The third kappa shape index (κ3) is 3.88. The van der Waals surface area contributed by atoms with Crippen molar-refractivity contribution < 1.29 is 9.66 Å². The van der Waals surface area contributed by atoms with Crippen LogP contribution in [0.25, 0.3) is 0 Å². The smallest absolute Gasteiger partial charge is 0.292 e. The number of hydrogen-bond donors (Lipinski definition) is 2. The second-order valence-corrected chi connectivity index (χ2v) is 5.16. The minimum absolute atomic E-state index is 0.0197. The second-order valence-electron chi connectivity index (χ2n) is 4.75. The van der Waals surface area contributed by atoms with Crippen LogP contribution in [0.4, 0.5) is 11.4 Å². The molecule has 0 aliphatic carbocycles. The number of nitro groups is 1. The van der Waals surface area contributed by atoms with E-state index in [-0.39, 0.29) is 11.8 Å². The summed E-state index contributed by atoms with van der Waals surface area (Å²) in [6.07, 6.45) is 2.25. The molecule has 2 N–H and O–H groups in total. The minimum Gasteiger partial charge on any atom is -0.376 e. The van der Waals surface area contributed by atoms with E-state index in [1.165, 1.54) is 6.07 Å². The molecule has 0 aromatic heterocycles. The number of rotatable bonds is 4. The van der Waals surface area contributed by atoms with Crippen molar-refractivity contribution in [2.24, 2.45) is 0 Å². The van der Waals surface area contributed by atoms with Crippen LogP contribution in [0.5, 0.6) is 0 Å². The molecule has 1 atom stereocenters. The van der Waals surface area contributed by atoms with Gasteiger partial charge in [0.15, 0.2) is 5.11 Å². The van der Waals surface area contributed by atoms with Gasteiger partial charge in [-0.1, -0.05) is 6.07 Å². The van der Waals surface area contributed by atoms with E-state index in [1.807, 2.05) is 6.92 Å².